The number of esters is 1. The quantitative estimate of drug-likeness (QED) is 0.532. The molecule has 0 aliphatic rings. The van der Waals surface area contributed by atoms with Crippen molar-refractivity contribution in [2.24, 2.45) is 0 Å². The Kier molecular flexibility index (Phi) is 4.90. The summed E-state index contributed by atoms with van der Waals surface area (Å²) >= 11 is 0. The van der Waals surface area contributed by atoms with Crippen molar-refractivity contribution in [3.8, 4) is 5.75 Å². The van der Waals surface area contributed by atoms with Gasteiger partial charge in [-0.25, -0.2) is 4.79 Å². The highest BCUT2D eigenvalue weighted by Crippen LogP contribution is 2.29. The second kappa shape index (κ2) is 7.45. The fraction of sp³-hybridized carbons (Fsp3) is 0.0476. The molecular weight excluding hydrogens is 314 g/mol. The van der Waals surface area contributed by atoms with Crippen molar-refractivity contribution < 1.29 is 14.3 Å². The molecule has 3 rings (SSSR count). The Labute approximate surface area is 146 Å². The van der Waals surface area contributed by atoms with Gasteiger partial charge >= 0.3 is 5.97 Å². The summed E-state index contributed by atoms with van der Waals surface area (Å²) in [5, 5.41) is 0. The van der Waals surface area contributed by atoms with Crippen LogP contribution in [0.5, 0.6) is 5.75 Å². The van der Waals surface area contributed by atoms with E-state index >= 15 is 0 Å². The number of rotatable bonds is 4. The Morgan fingerprint density at radius 3 is 1.88 bits per heavy atom. The van der Waals surface area contributed by atoms with Crippen LogP contribution in [0.4, 0.5) is 5.69 Å². The van der Waals surface area contributed by atoms with Crippen LogP contribution in [-0.2, 0) is 0 Å². The molecule has 0 aliphatic heterocycles. The zero-order valence-corrected chi connectivity index (χ0v) is 13.8. The summed E-state index contributed by atoms with van der Waals surface area (Å²) in [5.41, 5.74) is 1.55. The Morgan fingerprint density at radius 1 is 0.720 bits per heavy atom. The molecule has 4 heteroatoms. The van der Waals surface area contributed by atoms with Crippen LogP contribution < -0.4 is 9.64 Å². The molecule has 0 heterocycles. The van der Waals surface area contributed by atoms with E-state index in [0.29, 0.717) is 22.6 Å². The molecule has 0 saturated carbocycles. The smallest absolute Gasteiger partial charge is 0.343 e. The molecule has 124 valence electrons. The van der Waals surface area contributed by atoms with Crippen molar-refractivity contribution in [3.05, 3.63) is 96.1 Å². The van der Waals surface area contributed by atoms with Gasteiger partial charge < -0.3 is 9.64 Å². The van der Waals surface area contributed by atoms with Gasteiger partial charge in [-0.2, -0.15) is 0 Å². The van der Waals surface area contributed by atoms with Crippen LogP contribution in [-0.4, -0.2) is 18.9 Å². The lowest BCUT2D eigenvalue weighted by Crippen LogP contribution is -2.27. The van der Waals surface area contributed by atoms with Crippen molar-refractivity contribution in [2.45, 2.75) is 0 Å². The van der Waals surface area contributed by atoms with Gasteiger partial charge in [0.15, 0.2) is 5.75 Å². The first-order valence-electron chi connectivity index (χ1n) is 7.86. The van der Waals surface area contributed by atoms with Gasteiger partial charge in [0, 0.05) is 12.6 Å². The van der Waals surface area contributed by atoms with Gasteiger partial charge in [-0.15, -0.1) is 0 Å². The molecule has 0 fully saturated rings. The summed E-state index contributed by atoms with van der Waals surface area (Å²) in [6.45, 7) is 0. The zero-order valence-electron chi connectivity index (χ0n) is 13.8. The topological polar surface area (TPSA) is 46.6 Å². The third-order valence-electron chi connectivity index (χ3n) is 3.76. The minimum Gasteiger partial charge on any atom is -0.421 e. The van der Waals surface area contributed by atoms with E-state index in [4.69, 9.17) is 4.74 Å². The molecule has 0 unspecified atom stereocenters. The van der Waals surface area contributed by atoms with Gasteiger partial charge in [-0.3, -0.25) is 4.79 Å². The van der Waals surface area contributed by atoms with E-state index < -0.39 is 5.97 Å². The molecule has 0 N–H and O–H groups in total. The molecule has 3 aromatic rings. The van der Waals surface area contributed by atoms with Crippen LogP contribution >= 0.6 is 0 Å². The molecule has 25 heavy (non-hydrogen) atoms. The van der Waals surface area contributed by atoms with Crippen LogP contribution in [0.3, 0.4) is 0 Å². The van der Waals surface area contributed by atoms with Gasteiger partial charge in [0.1, 0.15) is 0 Å². The van der Waals surface area contributed by atoms with Gasteiger partial charge in [0.05, 0.1) is 11.3 Å². The predicted molar refractivity (Wildman–Crippen MR) is 97.0 cm³/mol. The lowest BCUT2D eigenvalue weighted by molar-refractivity contribution is 0.0734. The molecule has 0 aromatic heterocycles. The maximum Gasteiger partial charge on any atom is 0.343 e. The average molecular weight is 331 g/mol. The summed E-state index contributed by atoms with van der Waals surface area (Å²) in [4.78, 5) is 26.4. The van der Waals surface area contributed by atoms with Crippen molar-refractivity contribution in [3.63, 3.8) is 0 Å². The number of carbonyl (C=O) groups excluding carboxylic acids is 2. The highest BCUT2D eigenvalue weighted by atomic mass is 16.5. The number of amides is 1. The van der Waals surface area contributed by atoms with E-state index in [1.807, 2.05) is 24.3 Å². The Hall–Kier alpha value is -3.40. The van der Waals surface area contributed by atoms with Crippen molar-refractivity contribution in [1.29, 1.82) is 0 Å². The molecule has 0 spiro atoms. The minimum absolute atomic E-state index is 0.177. The third-order valence-corrected chi connectivity index (χ3v) is 3.76. The van der Waals surface area contributed by atoms with E-state index in [2.05, 4.69) is 0 Å². The van der Waals surface area contributed by atoms with Crippen molar-refractivity contribution in [2.75, 3.05) is 11.9 Å². The van der Waals surface area contributed by atoms with E-state index in [1.54, 1.807) is 67.7 Å². The van der Waals surface area contributed by atoms with Crippen LogP contribution in [0.2, 0.25) is 0 Å². The lowest BCUT2D eigenvalue weighted by atomic mass is 10.2. The number of para-hydroxylation sites is 2. The fourth-order valence-electron chi connectivity index (χ4n) is 2.44. The van der Waals surface area contributed by atoms with Crippen LogP contribution in [0.25, 0.3) is 0 Å². The monoisotopic (exact) mass is 331 g/mol. The van der Waals surface area contributed by atoms with E-state index in [0.717, 1.165) is 0 Å². The lowest BCUT2D eigenvalue weighted by Gasteiger charge is -2.20. The van der Waals surface area contributed by atoms with Gasteiger partial charge in [0.2, 0.25) is 0 Å². The Morgan fingerprint density at radius 2 is 1.24 bits per heavy atom. The first-order chi connectivity index (χ1) is 12.2. The highest BCUT2D eigenvalue weighted by molar-refractivity contribution is 6.06. The van der Waals surface area contributed by atoms with Gasteiger partial charge in [-0.1, -0.05) is 48.5 Å². The number of hydrogen-bond acceptors (Lipinski definition) is 3. The largest absolute Gasteiger partial charge is 0.421 e. The number of hydrogen-bond donors (Lipinski definition) is 0. The molecule has 1 amide bonds. The number of anilines is 1. The van der Waals surface area contributed by atoms with Gasteiger partial charge in [-0.05, 0) is 36.4 Å². The SMILES string of the molecule is CN(C(=O)c1ccccc1)c1ccccc1OC(=O)c1ccccc1. The molecule has 4 nitrogen and oxygen atoms in total. The average Bonchev–Trinajstić information content (AvgIpc) is 2.68. The second-order valence-corrected chi connectivity index (χ2v) is 5.45. The first kappa shape index (κ1) is 16.5. The van der Waals surface area contributed by atoms with E-state index in [1.165, 1.54) is 4.90 Å². The normalized spacial score (nSPS) is 10.1. The standard InChI is InChI=1S/C21H17NO3/c1-22(20(23)16-10-4-2-5-11-16)18-14-8-9-15-19(18)25-21(24)17-12-6-3-7-13-17/h2-15H,1H3. The maximum atomic E-state index is 12.6. The van der Waals surface area contributed by atoms with Crippen LogP contribution in [0.1, 0.15) is 20.7 Å². The number of ether oxygens (including phenoxy) is 1. The molecule has 0 saturated heterocycles. The highest BCUT2D eigenvalue weighted by Gasteiger charge is 2.18. The summed E-state index contributed by atoms with van der Waals surface area (Å²) < 4.78 is 5.51. The second-order valence-electron chi connectivity index (χ2n) is 5.45. The van der Waals surface area contributed by atoms with Crippen molar-refractivity contribution in [1.82, 2.24) is 0 Å². The molecule has 0 atom stereocenters. The first-order valence-corrected chi connectivity index (χ1v) is 7.86. The van der Waals surface area contributed by atoms with E-state index in [-0.39, 0.29) is 5.91 Å². The molecule has 0 bridgehead atoms. The summed E-state index contributed by atoms with van der Waals surface area (Å²) in [6.07, 6.45) is 0. The Bertz CT molecular complexity index is 876. The van der Waals surface area contributed by atoms with Crippen LogP contribution in [0, 0.1) is 0 Å². The third kappa shape index (κ3) is 3.75. The predicted octanol–water partition coefficient (Wildman–Crippen LogP) is 4.18. The zero-order chi connectivity index (χ0) is 17.6. The summed E-state index contributed by atoms with van der Waals surface area (Å²) in [6, 6.07) is 24.7. The Balaban J connectivity index is 1.86. The molecular formula is C21H17NO3. The van der Waals surface area contributed by atoms with Crippen molar-refractivity contribution >= 4 is 17.6 Å². The maximum absolute atomic E-state index is 12.6. The van der Waals surface area contributed by atoms with Crippen LogP contribution in [0.15, 0.2) is 84.9 Å². The minimum atomic E-state index is -0.464. The van der Waals surface area contributed by atoms with E-state index in [9.17, 15) is 9.59 Å². The summed E-state index contributed by atoms with van der Waals surface area (Å²) in [7, 11) is 1.66. The number of nitrogens with zero attached hydrogens (tertiary/aromatic N) is 1. The number of benzene rings is 3. The number of carbonyl (C=O) groups is 2. The van der Waals surface area contributed by atoms with Gasteiger partial charge in [0.25, 0.3) is 5.91 Å². The fourth-order valence-corrected chi connectivity index (χ4v) is 2.44. The summed E-state index contributed by atoms with van der Waals surface area (Å²) in [5.74, 6) is -0.305. The molecule has 3 aromatic carbocycles. The molecule has 0 aliphatic carbocycles. The molecule has 0 radical (unpaired) electrons.